The van der Waals surface area contributed by atoms with Crippen LogP contribution in [0.4, 0.5) is 0 Å². The number of piperazine rings is 1. The molecular formula is C17H24N2OS. The standard InChI is InChI=1S/C17H24N2OS/c1-3-20-16-6-8-17(9-7-16)21-15-5-4-10-19-13-11-18(2)12-14-19/h6-9H,3,10-15H2,1-2H3. The molecule has 4 heteroatoms. The van der Waals surface area contributed by atoms with E-state index in [0.717, 1.165) is 44.2 Å². The molecule has 1 fully saturated rings. The van der Waals surface area contributed by atoms with Gasteiger partial charge in [-0.2, -0.15) is 0 Å². The van der Waals surface area contributed by atoms with Crippen molar-refractivity contribution in [3.8, 4) is 17.6 Å². The maximum absolute atomic E-state index is 5.43. The van der Waals surface area contributed by atoms with Gasteiger partial charge >= 0.3 is 0 Å². The lowest BCUT2D eigenvalue weighted by Crippen LogP contribution is -2.44. The second-order valence-corrected chi connectivity index (χ2v) is 6.17. The predicted octanol–water partition coefficient (Wildman–Crippen LogP) is 2.43. The summed E-state index contributed by atoms with van der Waals surface area (Å²) in [5, 5.41) is 0. The van der Waals surface area contributed by atoms with Crippen molar-refractivity contribution in [1.29, 1.82) is 0 Å². The van der Waals surface area contributed by atoms with E-state index in [1.807, 2.05) is 19.1 Å². The van der Waals surface area contributed by atoms with E-state index in [0.29, 0.717) is 6.61 Å². The molecule has 0 aromatic heterocycles. The van der Waals surface area contributed by atoms with Crippen LogP contribution in [-0.4, -0.2) is 61.9 Å². The Morgan fingerprint density at radius 2 is 1.81 bits per heavy atom. The van der Waals surface area contributed by atoms with Crippen LogP contribution in [0.3, 0.4) is 0 Å². The minimum absolute atomic E-state index is 0.713. The van der Waals surface area contributed by atoms with Crippen LogP contribution < -0.4 is 4.74 Å². The molecule has 0 unspecified atom stereocenters. The van der Waals surface area contributed by atoms with Crippen LogP contribution in [0.15, 0.2) is 29.2 Å². The molecule has 0 spiro atoms. The summed E-state index contributed by atoms with van der Waals surface area (Å²) in [6, 6.07) is 8.22. The number of rotatable bonds is 5. The SMILES string of the molecule is CCOc1ccc(SCC#CCN2CCN(C)CC2)cc1. The first kappa shape index (κ1) is 16.2. The van der Waals surface area contributed by atoms with Crippen molar-refractivity contribution in [3.05, 3.63) is 24.3 Å². The largest absolute Gasteiger partial charge is 0.494 e. The van der Waals surface area contributed by atoms with Crippen molar-refractivity contribution >= 4 is 11.8 Å². The second-order valence-electron chi connectivity index (χ2n) is 5.13. The number of benzene rings is 1. The molecule has 0 amide bonds. The zero-order valence-corrected chi connectivity index (χ0v) is 13.8. The molecule has 0 atom stereocenters. The Hall–Kier alpha value is -1.15. The van der Waals surface area contributed by atoms with E-state index in [4.69, 9.17) is 4.74 Å². The van der Waals surface area contributed by atoms with Crippen LogP contribution in [0.25, 0.3) is 0 Å². The smallest absolute Gasteiger partial charge is 0.119 e. The number of nitrogens with zero attached hydrogens (tertiary/aromatic N) is 2. The van der Waals surface area contributed by atoms with E-state index in [2.05, 4.69) is 40.8 Å². The molecular weight excluding hydrogens is 280 g/mol. The average Bonchev–Trinajstić information content (AvgIpc) is 2.51. The zero-order chi connectivity index (χ0) is 14.9. The summed E-state index contributed by atoms with van der Waals surface area (Å²) < 4.78 is 5.43. The van der Waals surface area contributed by atoms with Gasteiger partial charge in [0.25, 0.3) is 0 Å². The maximum Gasteiger partial charge on any atom is 0.119 e. The number of hydrogen-bond acceptors (Lipinski definition) is 4. The first-order valence-electron chi connectivity index (χ1n) is 7.50. The fourth-order valence-corrected chi connectivity index (χ4v) is 2.81. The van der Waals surface area contributed by atoms with Gasteiger partial charge in [0.05, 0.1) is 18.9 Å². The molecule has 1 aliphatic heterocycles. The van der Waals surface area contributed by atoms with Gasteiger partial charge in [-0.05, 0) is 38.2 Å². The Labute approximate surface area is 132 Å². The van der Waals surface area contributed by atoms with E-state index in [-0.39, 0.29) is 0 Å². The molecule has 0 saturated carbocycles. The summed E-state index contributed by atoms with van der Waals surface area (Å²) in [6.45, 7) is 8.19. The van der Waals surface area contributed by atoms with Gasteiger partial charge in [-0.25, -0.2) is 0 Å². The number of ether oxygens (including phenoxy) is 1. The van der Waals surface area contributed by atoms with Crippen LogP contribution in [0, 0.1) is 11.8 Å². The molecule has 0 aliphatic carbocycles. The van der Waals surface area contributed by atoms with E-state index in [1.165, 1.54) is 4.90 Å². The Morgan fingerprint density at radius 1 is 1.10 bits per heavy atom. The van der Waals surface area contributed by atoms with Gasteiger partial charge in [-0.15, -0.1) is 11.8 Å². The van der Waals surface area contributed by atoms with Gasteiger partial charge in [0.2, 0.25) is 0 Å². The van der Waals surface area contributed by atoms with Gasteiger partial charge < -0.3 is 9.64 Å². The van der Waals surface area contributed by atoms with Gasteiger partial charge in [0, 0.05) is 31.1 Å². The lowest BCUT2D eigenvalue weighted by Gasteiger charge is -2.30. The molecule has 1 saturated heterocycles. The number of hydrogen-bond donors (Lipinski definition) is 0. The third-order valence-corrected chi connectivity index (χ3v) is 4.36. The van der Waals surface area contributed by atoms with Crippen molar-refractivity contribution in [2.24, 2.45) is 0 Å². The van der Waals surface area contributed by atoms with Crippen LogP contribution in [0.2, 0.25) is 0 Å². The first-order chi connectivity index (χ1) is 10.3. The van der Waals surface area contributed by atoms with E-state index in [1.54, 1.807) is 11.8 Å². The molecule has 21 heavy (non-hydrogen) atoms. The fraction of sp³-hybridized carbons (Fsp3) is 0.529. The lowest BCUT2D eigenvalue weighted by molar-refractivity contribution is 0.168. The number of thioether (sulfide) groups is 1. The number of likely N-dealkylation sites (N-methyl/N-ethyl adjacent to an activating group) is 1. The summed E-state index contributed by atoms with van der Waals surface area (Å²) in [4.78, 5) is 6.03. The van der Waals surface area contributed by atoms with E-state index < -0.39 is 0 Å². The van der Waals surface area contributed by atoms with E-state index in [9.17, 15) is 0 Å². The van der Waals surface area contributed by atoms with Crippen LogP contribution in [0.5, 0.6) is 5.75 Å². The van der Waals surface area contributed by atoms with Crippen molar-refractivity contribution in [3.63, 3.8) is 0 Å². The maximum atomic E-state index is 5.43. The van der Waals surface area contributed by atoms with Gasteiger partial charge in [0.1, 0.15) is 5.75 Å². The van der Waals surface area contributed by atoms with Crippen molar-refractivity contribution in [2.45, 2.75) is 11.8 Å². The molecule has 1 aromatic rings. The highest BCUT2D eigenvalue weighted by molar-refractivity contribution is 7.99. The monoisotopic (exact) mass is 304 g/mol. The molecule has 0 radical (unpaired) electrons. The minimum Gasteiger partial charge on any atom is -0.494 e. The van der Waals surface area contributed by atoms with E-state index >= 15 is 0 Å². The second kappa shape index (κ2) is 8.99. The molecule has 2 rings (SSSR count). The van der Waals surface area contributed by atoms with Gasteiger partial charge in [0.15, 0.2) is 0 Å². The zero-order valence-electron chi connectivity index (χ0n) is 13.0. The molecule has 0 bridgehead atoms. The third-order valence-electron chi connectivity index (χ3n) is 3.47. The lowest BCUT2D eigenvalue weighted by atomic mass is 10.3. The summed E-state index contributed by atoms with van der Waals surface area (Å²) >= 11 is 1.78. The summed E-state index contributed by atoms with van der Waals surface area (Å²) in [7, 11) is 2.18. The molecule has 1 heterocycles. The summed E-state index contributed by atoms with van der Waals surface area (Å²) in [5.74, 6) is 8.32. The Morgan fingerprint density at radius 3 is 2.48 bits per heavy atom. The minimum atomic E-state index is 0.713. The van der Waals surface area contributed by atoms with Crippen molar-refractivity contribution in [2.75, 3.05) is 52.1 Å². The van der Waals surface area contributed by atoms with Crippen LogP contribution >= 0.6 is 11.8 Å². The Kier molecular flexibility index (Phi) is 6.94. The molecule has 114 valence electrons. The highest BCUT2D eigenvalue weighted by atomic mass is 32.2. The van der Waals surface area contributed by atoms with Crippen LogP contribution in [-0.2, 0) is 0 Å². The van der Waals surface area contributed by atoms with Gasteiger partial charge in [-0.1, -0.05) is 11.8 Å². The fourth-order valence-electron chi connectivity index (χ4n) is 2.14. The average molecular weight is 304 g/mol. The Bertz CT molecular complexity index is 470. The summed E-state index contributed by atoms with van der Waals surface area (Å²) in [5.41, 5.74) is 0. The topological polar surface area (TPSA) is 15.7 Å². The van der Waals surface area contributed by atoms with Gasteiger partial charge in [-0.3, -0.25) is 4.90 Å². The molecule has 1 aliphatic rings. The molecule has 1 aromatic carbocycles. The Balaban J connectivity index is 1.66. The first-order valence-corrected chi connectivity index (χ1v) is 8.49. The van der Waals surface area contributed by atoms with Crippen molar-refractivity contribution < 1.29 is 4.74 Å². The summed E-state index contributed by atoms with van der Waals surface area (Å²) in [6.07, 6.45) is 0. The highest BCUT2D eigenvalue weighted by Crippen LogP contribution is 2.20. The van der Waals surface area contributed by atoms with Crippen LogP contribution in [0.1, 0.15) is 6.92 Å². The normalized spacial score (nSPS) is 16.3. The third kappa shape index (κ3) is 6.01. The van der Waals surface area contributed by atoms with Crippen molar-refractivity contribution in [1.82, 2.24) is 9.80 Å². The molecule has 3 nitrogen and oxygen atoms in total. The quantitative estimate of drug-likeness (QED) is 0.613. The highest BCUT2D eigenvalue weighted by Gasteiger charge is 2.11. The molecule has 0 N–H and O–H groups in total. The predicted molar refractivity (Wildman–Crippen MR) is 90.0 cm³/mol.